The van der Waals surface area contributed by atoms with Crippen LogP contribution < -0.4 is 20.3 Å². The lowest BCUT2D eigenvalue weighted by atomic mass is 10.1. The molecule has 0 aromatic heterocycles. The number of ether oxygens (including phenoxy) is 2. The fourth-order valence-electron chi connectivity index (χ4n) is 5.11. The number of carbonyl (C=O) groups is 1. The van der Waals surface area contributed by atoms with Crippen LogP contribution in [0.4, 0.5) is 5.69 Å². The van der Waals surface area contributed by atoms with E-state index in [2.05, 4.69) is 83.3 Å². The minimum Gasteiger partial charge on any atom is -0.497 e. The number of allylic oxidation sites excluding steroid dienone is 2. The zero-order valence-corrected chi connectivity index (χ0v) is 26.5. The topological polar surface area (TPSA) is 78.4 Å². The van der Waals surface area contributed by atoms with E-state index in [0.29, 0.717) is 35.3 Å². The number of aryl methyl sites for hydroxylation is 1. The average molecular weight is 596 g/mol. The highest BCUT2D eigenvalue weighted by Gasteiger charge is 2.29. The summed E-state index contributed by atoms with van der Waals surface area (Å²) in [5, 5.41) is 6.41. The number of anilines is 1. The number of benzene rings is 2. The molecule has 2 fully saturated rings. The monoisotopic (exact) mass is 595 g/mol. The maximum Gasteiger partial charge on any atom is 0.251 e. The summed E-state index contributed by atoms with van der Waals surface area (Å²) in [5.74, 6) is 1.51. The number of aliphatic imine (C=N–C) groups is 1. The molecule has 2 N–H and O–H groups in total. The average Bonchev–Trinajstić information content (AvgIpc) is 3.90. The number of carbonyl (C=O) groups excluding carboxylic acids is 1. The standard InChI is InChI=1S/C36H45N5O3/c1-8-30(35(42)37-24-29-13-11-14-32(22-29)43-6)23-33(38-26(3)27(4)39-36(44-7)31-16-17-31)28(5)40-18-20-41(21-19-40)34-15-10-9-12-25(34)2/h8-15,22-23,31,38H,1,3-4,16-21,24H2,2,5-7H3,(H,37,42)/b30-23+,33-28-,39-36-. The molecule has 232 valence electrons. The van der Waals surface area contributed by atoms with Gasteiger partial charge in [-0.2, -0.15) is 0 Å². The number of nitrogens with zero attached hydrogens (tertiary/aromatic N) is 3. The number of nitrogens with one attached hydrogen (secondary N) is 2. The number of hydrogen-bond acceptors (Lipinski definition) is 7. The SMILES string of the molecule is C=C/C(=C\C(NC(=C)C(=C)/N=C(\OC)C1CC1)=C(/C)N1CCN(c2ccccc2C)CC1)C(=O)NCc1cccc(OC)c1. The summed E-state index contributed by atoms with van der Waals surface area (Å²) in [7, 11) is 3.26. The van der Waals surface area contributed by atoms with E-state index in [-0.39, 0.29) is 5.91 Å². The first-order valence-corrected chi connectivity index (χ1v) is 15.0. The van der Waals surface area contributed by atoms with Crippen LogP contribution in [0.2, 0.25) is 0 Å². The lowest BCUT2D eigenvalue weighted by Crippen LogP contribution is -2.46. The highest BCUT2D eigenvalue weighted by molar-refractivity contribution is 5.96. The second kappa shape index (κ2) is 15.1. The Kier molecular flexibility index (Phi) is 11.1. The molecule has 2 aromatic carbocycles. The van der Waals surface area contributed by atoms with Crippen molar-refractivity contribution in [3.05, 3.63) is 120 Å². The van der Waals surface area contributed by atoms with E-state index in [0.717, 1.165) is 61.7 Å². The summed E-state index contributed by atoms with van der Waals surface area (Å²) in [5.41, 5.74) is 6.63. The van der Waals surface area contributed by atoms with Crippen molar-refractivity contribution in [1.82, 2.24) is 15.5 Å². The minimum absolute atomic E-state index is 0.239. The molecule has 0 atom stereocenters. The van der Waals surface area contributed by atoms with Crippen molar-refractivity contribution >= 4 is 17.5 Å². The van der Waals surface area contributed by atoms with Crippen LogP contribution in [0.3, 0.4) is 0 Å². The minimum atomic E-state index is -0.239. The van der Waals surface area contributed by atoms with Crippen molar-refractivity contribution in [2.24, 2.45) is 10.9 Å². The van der Waals surface area contributed by atoms with Crippen LogP contribution in [0.5, 0.6) is 5.75 Å². The van der Waals surface area contributed by atoms with Gasteiger partial charge in [-0.3, -0.25) is 4.79 Å². The Morgan fingerprint density at radius 1 is 1.07 bits per heavy atom. The number of amides is 1. The number of para-hydroxylation sites is 1. The molecule has 1 heterocycles. The molecule has 1 aliphatic heterocycles. The maximum atomic E-state index is 13.3. The molecule has 0 bridgehead atoms. The Labute approximate surface area is 262 Å². The second-order valence-corrected chi connectivity index (χ2v) is 11.1. The van der Waals surface area contributed by atoms with Gasteiger partial charge in [0.05, 0.1) is 31.3 Å². The zero-order valence-electron chi connectivity index (χ0n) is 26.5. The Hall–Kier alpha value is -4.72. The normalized spacial score (nSPS) is 16.1. The van der Waals surface area contributed by atoms with E-state index in [1.54, 1.807) is 20.3 Å². The molecule has 2 aromatic rings. The summed E-state index contributed by atoms with van der Waals surface area (Å²) < 4.78 is 10.8. The molecule has 4 rings (SSSR count). The van der Waals surface area contributed by atoms with Gasteiger partial charge in [-0.1, -0.05) is 56.1 Å². The summed E-state index contributed by atoms with van der Waals surface area (Å²) in [6.45, 7) is 20.3. The third-order valence-electron chi connectivity index (χ3n) is 7.98. The summed E-state index contributed by atoms with van der Waals surface area (Å²) in [6.07, 6.45) is 5.51. The lowest BCUT2D eigenvalue weighted by Gasteiger charge is -2.39. The van der Waals surface area contributed by atoms with Gasteiger partial charge in [-0.15, -0.1) is 0 Å². The Morgan fingerprint density at radius 3 is 2.43 bits per heavy atom. The zero-order chi connectivity index (χ0) is 31.6. The van der Waals surface area contributed by atoms with Crippen LogP contribution in [-0.4, -0.2) is 57.1 Å². The van der Waals surface area contributed by atoms with Gasteiger partial charge in [0.25, 0.3) is 5.91 Å². The first-order chi connectivity index (χ1) is 21.2. The summed E-state index contributed by atoms with van der Waals surface area (Å²) in [6, 6.07) is 16.1. The van der Waals surface area contributed by atoms with E-state index >= 15 is 0 Å². The highest BCUT2D eigenvalue weighted by Crippen LogP contribution is 2.32. The van der Waals surface area contributed by atoms with Crippen LogP contribution in [-0.2, 0) is 16.1 Å². The van der Waals surface area contributed by atoms with E-state index in [1.165, 1.54) is 11.3 Å². The third kappa shape index (κ3) is 8.43. The largest absolute Gasteiger partial charge is 0.497 e. The van der Waals surface area contributed by atoms with Crippen LogP contribution in [0.25, 0.3) is 0 Å². The first-order valence-electron chi connectivity index (χ1n) is 15.0. The number of piperazine rings is 1. The summed E-state index contributed by atoms with van der Waals surface area (Å²) in [4.78, 5) is 22.7. The molecule has 1 amide bonds. The van der Waals surface area contributed by atoms with Crippen molar-refractivity contribution in [2.75, 3.05) is 45.3 Å². The third-order valence-corrected chi connectivity index (χ3v) is 7.98. The highest BCUT2D eigenvalue weighted by atomic mass is 16.5. The quantitative estimate of drug-likeness (QED) is 0.131. The second-order valence-electron chi connectivity index (χ2n) is 11.1. The molecule has 0 unspecified atom stereocenters. The Bertz CT molecular complexity index is 1480. The van der Waals surface area contributed by atoms with E-state index in [1.807, 2.05) is 30.3 Å². The Morgan fingerprint density at radius 2 is 1.80 bits per heavy atom. The molecular weight excluding hydrogens is 550 g/mol. The fraction of sp³-hybridized carbons (Fsp3) is 0.333. The van der Waals surface area contributed by atoms with Crippen molar-refractivity contribution in [2.45, 2.75) is 33.2 Å². The van der Waals surface area contributed by atoms with Gasteiger partial charge in [0.1, 0.15) is 5.75 Å². The predicted molar refractivity (Wildman–Crippen MR) is 179 cm³/mol. The number of hydrogen-bond donors (Lipinski definition) is 2. The number of methoxy groups -OCH3 is 2. The maximum absolute atomic E-state index is 13.3. The lowest BCUT2D eigenvalue weighted by molar-refractivity contribution is -0.117. The van der Waals surface area contributed by atoms with Crippen LogP contribution in [0, 0.1) is 12.8 Å². The van der Waals surface area contributed by atoms with Crippen molar-refractivity contribution in [3.63, 3.8) is 0 Å². The van der Waals surface area contributed by atoms with Crippen LogP contribution in [0.1, 0.15) is 30.9 Å². The molecule has 1 aliphatic carbocycles. The molecule has 1 saturated carbocycles. The predicted octanol–water partition coefficient (Wildman–Crippen LogP) is 5.86. The fourth-order valence-corrected chi connectivity index (χ4v) is 5.11. The van der Waals surface area contributed by atoms with Crippen molar-refractivity contribution in [1.29, 1.82) is 0 Å². The van der Waals surface area contributed by atoms with Gasteiger partial charge in [0, 0.05) is 55.6 Å². The van der Waals surface area contributed by atoms with Gasteiger partial charge in [0.15, 0.2) is 5.90 Å². The van der Waals surface area contributed by atoms with E-state index in [9.17, 15) is 4.79 Å². The van der Waals surface area contributed by atoms with Crippen LogP contribution >= 0.6 is 0 Å². The van der Waals surface area contributed by atoms with Crippen LogP contribution in [0.15, 0.2) is 114 Å². The van der Waals surface area contributed by atoms with Gasteiger partial charge in [-0.05, 0) is 62.1 Å². The molecular formula is C36H45N5O3. The summed E-state index contributed by atoms with van der Waals surface area (Å²) >= 11 is 0. The van der Waals surface area contributed by atoms with Crippen molar-refractivity contribution in [3.8, 4) is 5.75 Å². The van der Waals surface area contributed by atoms with E-state index in [4.69, 9.17) is 9.47 Å². The van der Waals surface area contributed by atoms with Gasteiger partial charge >= 0.3 is 0 Å². The molecule has 0 spiro atoms. The van der Waals surface area contributed by atoms with Gasteiger partial charge in [0.2, 0.25) is 0 Å². The molecule has 8 nitrogen and oxygen atoms in total. The Balaban J connectivity index is 1.56. The molecule has 44 heavy (non-hydrogen) atoms. The van der Waals surface area contributed by atoms with E-state index < -0.39 is 0 Å². The molecule has 2 aliphatic rings. The van der Waals surface area contributed by atoms with Gasteiger partial charge in [-0.25, -0.2) is 4.99 Å². The van der Waals surface area contributed by atoms with Crippen molar-refractivity contribution < 1.29 is 14.3 Å². The molecule has 1 saturated heterocycles. The molecule has 8 heteroatoms. The molecule has 0 radical (unpaired) electrons. The smallest absolute Gasteiger partial charge is 0.251 e. The number of rotatable bonds is 13. The van der Waals surface area contributed by atoms with Gasteiger partial charge < -0.3 is 29.9 Å². The first kappa shape index (κ1) is 32.2.